The van der Waals surface area contributed by atoms with Crippen molar-refractivity contribution in [1.29, 1.82) is 0 Å². The predicted octanol–water partition coefficient (Wildman–Crippen LogP) is 3.55. The number of carbonyl (C=O) groups excluding carboxylic acids is 1. The number of halogens is 1. The molecule has 0 N–H and O–H groups in total. The van der Waals surface area contributed by atoms with Crippen LogP contribution in [0.3, 0.4) is 0 Å². The fraction of sp³-hybridized carbons (Fsp3) is 0.333. The Bertz CT molecular complexity index is 1160. The summed E-state index contributed by atoms with van der Waals surface area (Å²) in [6.07, 6.45) is 1.44. The Morgan fingerprint density at radius 2 is 1.77 bits per heavy atom. The number of benzene rings is 2. The number of sulfone groups is 1. The second-order valence-corrected chi connectivity index (χ2v) is 10.9. The molecule has 0 bridgehead atoms. The first kappa shape index (κ1) is 21.1. The monoisotopic (exact) mass is 463 g/mol. The lowest BCUT2D eigenvalue weighted by molar-refractivity contribution is -0.130. The van der Waals surface area contributed by atoms with Gasteiger partial charge in [-0.3, -0.25) is 4.79 Å². The lowest BCUT2D eigenvalue weighted by atomic mass is 10.1. The fourth-order valence-corrected chi connectivity index (χ4v) is 5.51. The van der Waals surface area contributed by atoms with E-state index in [-0.39, 0.29) is 17.2 Å². The van der Waals surface area contributed by atoms with Gasteiger partial charge in [0.2, 0.25) is 5.91 Å². The number of fused-ring (bicyclic) bond motifs is 1. The number of anilines is 1. The van der Waals surface area contributed by atoms with Crippen molar-refractivity contribution in [3.8, 4) is 0 Å². The lowest BCUT2D eigenvalue weighted by Gasteiger charge is -2.34. The molecule has 0 spiro atoms. The first-order valence-corrected chi connectivity index (χ1v) is 12.7. The molecule has 1 fully saturated rings. The number of piperazine rings is 1. The number of rotatable bonds is 4. The van der Waals surface area contributed by atoms with E-state index in [1.54, 1.807) is 35.6 Å². The summed E-state index contributed by atoms with van der Waals surface area (Å²) >= 11 is 7.91. The van der Waals surface area contributed by atoms with E-state index < -0.39 is 9.84 Å². The van der Waals surface area contributed by atoms with Gasteiger partial charge in [-0.2, -0.15) is 0 Å². The van der Waals surface area contributed by atoms with Crippen LogP contribution in [0.4, 0.5) is 5.13 Å². The van der Waals surface area contributed by atoms with E-state index in [1.165, 1.54) is 6.26 Å². The molecule has 3 aromatic rings. The van der Waals surface area contributed by atoms with Crippen LogP contribution in [0.15, 0.2) is 41.3 Å². The smallest absolute Gasteiger partial charge is 0.227 e. The Balaban J connectivity index is 1.39. The standard InChI is InChI=1S/C21H22ClN3O3S2/c1-14-3-8-17(22)20-19(14)23-21(29-20)25-11-9-24(10-12-25)18(26)13-15-4-6-16(7-5-15)30(2,27)28/h3-8H,9-13H2,1-2H3. The molecule has 30 heavy (non-hydrogen) atoms. The Kier molecular flexibility index (Phi) is 5.74. The third-order valence-electron chi connectivity index (χ3n) is 5.30. The second-order valence-electron chi connectivity index (χ2n) is 7.50. The zero-order valence-electron chi connectivity index (χ0n) is 16.8. The zero-order chi connectivity index (χ0) is 21.5. The van der Waals surface area contributed by atoms with Crippen LogP contribution in [-0.2, 0) is 21.1 Å². The molecule has 1 aromatic heterocycles. The van der Waals surface area contributed by atoms with Crippen LogP contribution in [0.2, 0.25) is 5.02 Å². The summed E-state index contributed by atoms with van der Waals surface area (Å²) in [6, 6.07) is 10.4. The number of aromatic nitrogens is 1. The van der Waals surface area contributed by atoms with Gasteiger partial charge < -0.3 is 9.80 Å². The molecular formula is C21H22ClN3O3S2. The van der Waals surface area contributed by atoms with Gasteiger partial charge in [-0.05, 0) is 36.2 Å². The average molecular weight is 464 g/mol. The minimum Gasteiger partial charge on any atom is -0.345 e. The van der Waals surface area contributed by atoms with Gasteiger partial charge in [-0.25, -0.2) is 13.4 Å². The summed E-state index contributed by atoms with van der Waals surface area (Å²) in [4.78, 5) is 21.8. The maximum Gasteiger partial charge on any atom is 0.227 e. The molecule has 0 radical (unpaired) electrons. The van der Waals surface area contributed by atoms with Crippen molar-refractivity contribution in [3.05, 3.63) is 52.5 Å². The normalized spacial score (nSPS) is 15.0. The molecule has 9 heteroatoms. The summed E-state index contributed by atoms with van der Waals surface area (Å²) in [5.74, 6) is 0.0462. The minimum atomic E-state index is -3.23. The van der Waals surface area contributed by atoms with Crippen molar-refractivity contribution in [1.82, 2.24) is 9.88 Å². The Morgan fingerprint density at radius 1 is 1.10 bits per heavy atom. The highest BCUT2D eigenvalue weighted by Gasteiger charge is 2.24. The summed E-state index contributed by atoms with van der Waals surface area (Å²) < 4.78 is 24.1. The summed E-state index contributed by atoms with van der Waals surface area (Å²) in [5.41, 5.74) is 2.86. The van der Waals surface area contributed by atoms with Gasteiger partial charge >= 0.3 is 0 Å². The SMILES string of the molecule is Cc1ccc(Cl)c2sc(N3CCN(C(=O)Cc4ccc(S(C)(=O)=O)cc4)CC3)nc12. The average Bonchev–Trinajstić information content (AvgIpc) is 3.17. The van der Waals surface area contributed by atoms with Gasteiger partial charge in [0.05, 0.1) is 26.6 Å². The topological polar surface area (TPSA) is 70.6 Å². The lowest BCUT2D eigenvalue weighted by Crippen LogP contribution is -2.49. The van der Waals surface area contributed by atoms with E-state index in [0.717, 1.165) is 44.6 Å². The molecule has 0 unspecified atom stereocenters. The fourth-order valence-electron chi connectivity index (χ4n) is 3.51. The highest BCUT2D eigenvalue weighted by Crippen LogP contribution is 2.35. The van der Waals surface area contributed by atoms with Crippen molar-refractivity contribution in [3.63, 3.8) is 0 Å². The van der Waals surface area contributed by atoms with Gasteiger partial charge in [0.1, 0.15) is 0 Å². The Labute approximate surface area is 185 Å². The zero-order valence-corrected chi connectivity index (χ0v) is 19.1. The Hall–Kier alpha value is -2.16. The molecule has 158 valence electrons. The van der Waals surface area contributed by atoms with Crippen LogP contribution in [0.25, 0.3) is 10.2 Å². The highest BCUT2D eigenvalue weighted by atomic mass is 35.5. The molecule has 6 nitrogen and oxygen atoms in total. The molecule has 4 rings (SSSR count). The molecule has 0 atom stereocenters. The van der Waals surface area contributed by atoms with E-state index in [2.05, 4.69) is 4.90 Å². The quantitative estimate of drug-likeness (QED) is 0.591. The number of nitrogens with zero attached hydrogens (tertiary/aromatic N) is 3. The predicted molar refractivity (Wildman–Crippen MR) is 121 cm³/mol. The van der Waals surface area contributed by atoms with Crippen molar-refractivity contribution < 1.29 is 13.2 Å². The summed E-state index contributed by atoms with van der Waals surface area (Å²) in [6.45, 7) is 4.72. The van der Waals surface area contributed by atoms with Gasteiger partial charge in [-0.15, -0.1) is 0 Å². The third kappa shape index (κ3) is 4.31. The second kappa shape index (κ2) is 8.17. The van der Waals surface area contributed by atoms with Crippen LogP contribution in [0, 0.1) is 6.92 Å². The summed E-state index contributed by atoms with van der Waals surface area (Å²) in [7, 11) is -3.23. The van der Waals surface area contributed by atoms with Gasteiger partial charge in [0, 0.05) is 32.4 Å². The van der Waals surface area contributed by atoms with Crippen molar-refractivity contribution >= 4 is 54.0 Å². The maximum absolute atomic E-state index is 12.7. The number of hydrogen-bond donors (Lipinski definition) is 0. The minimum absolute atomic E-state index is 0.0462. The van der Waals surface area contributed by atoms with E-state index in [1.807, 2.05) is 24.0 Å². The van der Waals surface area contributed by atoms with Crippen molar-refractivity contribution in [2.75, 3.05) is 37.3 Å². The van der Waals surface area contributed by atoms with Crippen LogP contribution >= 0.6 is 22.9 Å². The molecule has 0 aliphatic carbocycles. The van der Waals surface area contributed by atoms with Crippen LogP contribution in [0.1, 0.15) is 11.1 Å². The molecular weight excluding hydrogens is 442 g/mol. The number of thiazole rings is 1. The van der Waals surface area contributed by atoms with Crippen molar-refractivity contribution in [2.24, 2.45) is 0 Å². The highest BCUT2D eigenvalue weighted by molar-refractivity contribution is 7.90. The third-order valence-corrected chi connectivity index (χ3v) is 8.00. The molecule has 0 saturated carbocycles. The summed E-state index contributed by atoms with van der Waals surface area (Å²) in [5, 5.41) is 1.65. The van der Waals surface area contributed by atoms with Gasteiger partial charge in [0.25, 0.3) is 0 Å². The molecule has 1 aliphatic rings. The van der Waals surface area contributed by atoms with E-state index >= 15 is 0 Å². The van der Waals surface area contributed by atoms with Gasteiger partial charge in [0.15, 0.2) is 15.0 Å². The molecule has 2 aromatic carbocycles. The molecule has 1 amide bonds. The van der Waals surface area contributed by atoms with E-state index in [4.69, 9.17) is 16.6 Å². The van der Waals surface area contributed by atoms with E-state index in [0.29, 0.717) is 13.1 Å². The Morgan fingerprint density at radius 3 is 2.37 bits per heavy atom. The number of aryl methyl sites for hydroxylation is 1. The molecule has 2 heterocycles. The first-order chi connectivity index (χ1) is 14.2. The first-order valence-electron chi connectivity index (χ1n) is 9.60. The van der Waals surface area contributed by atoms with Crippen LogP contribution in [0.5, 0.6) is 0 Å². The largest absolute Gasteiger partial charge is 0.345 e. The number of carbonyl (C=O) groups is 1. The van der Waals surface area contributed by atoms with Crippen LogP contribution in [-0.4, -0.2) is 56.6 Å². The van der Waals surface area contributed by atoms with Crippen LogP contribution < -0.4 is 4.90 Å². The van der Waals surface area contributed by atoms with Gasteiger partial charge in [-0.1, -0.05) is 41.1 Å². The number of amides is 1. The van der Waals surface area contributed by atoms with Crippen molar-refractivity contribution in [2.45, 2.75) is 18.2 Å². The molecule has 1 aliphatic heterocycles. The molecule has 1 saturated heterocycles. The maximum atomic E-state index is 12.7. The van der Waals surface area contributed by atoms with E-state index in [9.17, 15) is 13.2 Å². The number of hydrogen-bond acceptors (Lipinski definition) is 6.